The van der Waals surface area contributed by atoms with Crippen LogP contribution in [0.1, 0.15) is 12.2 Å². The zero-order valence-corrected chi connectivity index (χ0v) is 13.8. The maximum absolute atomic E-state index is 12.4. The Bertz CT molecular complexity index is 745. The van der Waals surface area contributed by atoms with Crippen LogP contribution in [-0.4, -0.2) is 39.3 Å². The van der Waals surface area contributed by atoms with E-state index in [2.05, 4.69) is 20.7 Å². The number of carbonyl (C=O) groups excluding carboxylic acids is 2. The minimum atomic E-state index is -0.544. The van der Waals surface area contributed by atoms with Crippen molar-refractivity contribution in [3.05, 3.63) is 41.4 Å². The van der Waals surface area contributed by atoms with E-state index in [1.54, 1.807) is 47.2 Å². The van der Waals surface area contributed by atoms with Crippen LogP contribution >= 0.6 is 11.6 Å². The third-order valence-electron chi connectivity index (χ3n) is 3.70. The van der Waals surface area contributed by atoms with Gasteiger partial charge in [0.15, 0.2) is 5.82 Å². The van der Waals surface area contributed by atoms with Crippen LogP contribution in [0.4, 0.5) is 10.5 Å². The van der Waals surface area contributed by atoms with Gasteiger partial charge in [-0.3, -0.25) is 9.48 Å². The van der Waals surface area contributed by atoms with Gasteiger partial charge in [0.1, 0.15) is 12.4 Å². The molecule has 3 rings (SSSR count). The zero-order valence-electron chi connectivity index (χ0n) is 13.1. The molecule has 2 N–H and O–H groups in total. The van der Waals surface area contributed by atoms with Gasteiger partial charge in [-0.1, -0.05) is 11.6 Å². The number of urea groups is 1. The molecule has 1 aromatic carbocycles. The summed E-state index contributed by atoms with van der Waals surface area (Å²) < 4.78 is 1.55. The average Bonchev–Trinajstić information content (AvgIpc) is 3.13. The Hall–Kier alpha value is -2.61. The molecule has 2 heterocycles. The van der Waals surface area contributed by atoms with Crippen molar-refractivity contribution in [3.63, 3.8) is 0 Å². The summed E-state index contributed by atoms with van der Waals surface area (Å²) in [6.45, 7) is 0.752. The maximum Gasteiger partial charge on any atom is 0.315 e. The number of rotatable bonds is 4. The van der Waals surface area contributed by atoms with Crippen LogP contribution < -0.4 is 15.5 Å². The Morgan fingerprint density at radius 3 is 2.79 bits per heavy atom. The Kier molecular flexibility index (Phi) is 4.66. The molecule has 126 valence electrons. The summed E-state index contributed by atoms with van der Waals surface area (Å²) >= 11 is 5.86. The molecule has 0 aliphatic carbocycles. The molecule has 2 aromatic rings. The summed E-state index contributed by atoms with van der Waals surface area (Å²) in [5, 5.41) is 10.0. The van der Waals surface area contributed by atoms with Crippen molar-refractivity contribution < 1.29 is 9.59 Å². The number of aryl methyl sites for hydroxylation is 1. The zero-order chi connectivity index (χ0) is 17.1. The van der Waals surface area contributed by atoms with E-state index in [1.165, 1.54) is 0 Å². The minimum absolute atomic E-state index is 0.136. The van der Waals surface area contributed by atoms with Crippen molar-refractivity contribution in [1.29, 1.82) is 0 Å². The standard InChI is InChI=1S/C15H17ClN6O2/c1-21-9-18-13(20-21)8-17-15(24)19-12-6-7-22(14(12)23)11-4-2-10(16)3-5-11/h2-5,9,12H,6-8H2,1H3,(H2,17,19,24). The molecule has 9 heteroatoms. The third-order valence-corrected chi connectivity index (χ3v) is 3.96. The first kappa shape index (κ1) is 16.3. The highest BCUT2D eigenvalue weighted by molar-refractivity contribution is 6.30. The molecule has 1 aliphatic heterocycles. The van der Waals surface area contributed by atoms with Crippen LogP contribution in [0.5, 0.6) is 0 Å². The summed E-state index contributed by atoms with van der Waals surface area (Å²) in [6, 6.07) is 6.08. The predicted octanol–water partition coefficient (Wildman–Crippen LogP) is 1.07. The summed E-state index contributed by atoms with van der Waals surface area (Å²) in [5.74, 6) is 0.372. The predicted molar refractivity (Wildman–Crippen MR) is 88.6 cm³/mol. The van der Waals surface area contributed by atoms with E-state index >= 15 is 0 Å². The van der Waals surface area contributed by atoms with Gasteiger partial charge in [0.2, 0.25) is 5.91 Å². The summed E-state index contributed by atoms with van der Waals surface area (Å²) in [6.07, 6.45) is 2.11. The lowest BCUT2D eigenvalue weighted by Crippen LogP contribution is -2.46. The van der Waals surface area contributed by atoms with Gasteiger partial charge in [0.05, 0.1) is 6.54 Å². The molecule has 1 aliphatic rings. The summed E-state index contributed by atoms with van der Waals surface area (Å²) in [7, 11) is 1.75. The van der Waals surface area contributed by atoms with E-state index in [4.69, 9.17) is 11.6 Å². The summed E-state index contributed by atoms with van der Waals surface area (Å²) in [5.41, 5.74) is 0.770. The van der Waals surface area contributed by atoms with Crippen LogP contribution in [0.2, 0.25) is 5.02 Å². The van der Waals surface area contributed by atoms with Gasteiger partial charge in [-0.2, -0.15) is 5.10 Å². The van der Waals surface area contributed by atoms with Crippen LogP contribution in [0.25, 0.3) is 0 Å². The normalized spacial score (nSPS) is 17.2. The van der Waals surface area contributed by atoms with Crippen LogP contribution in [0.15, 0.2) is 30.6 Å². The van der Waals surface area contributed by atoms with E-state index < -0.39 is 12.1 Å². The number of amides is 3. The molecule has 0 radical (unpaired) electrons. The van der Waals surface area contributed by atoms with E-state index in [1.807, 2.05) is 0 Å². The van der Waals surface area contributed by atoms with Crippen molar-refractivity contribution in [3.8, 4) is 0 Å². The first-order valence-electron chi connectivity index (χ1n) is 7.49. The van der Waals surface area contributed by atoms with E-state index in [0.717, 1.165) is 5.69 Å². The van der Waals surface area contributed by atoms with E-state index in [9.17, 15) is 9.59 Å². The molecular formula is C15H17ClN6O2. The molecule has 0 bridgehead atoms. The fourth-order valence-electron chi connectivity index (χ4n) is 2.52. The molecule has 1 fully saturated rings. The number of carbonyl (C=O) groups is 2. The number of nitrogens with one attached hydrogen (secondary N) is 2. The Labute approximate surface area is 143 Å². The number of anilines is 1. The second-order valence-electron chi connectivity index (χ2n) is 5.47. The Balaban J connectivity index is 1.53. The van der Waals surface area contributed by atoms with E-state index in [-0.39, 0.29) is 12.5 Å². The Morgan fingerprint density at radius 1 is 1.38 bits per heavy atom. The Morgan fingerprint density at radius 2 is 2.12 bits per heavy atom. The molecular weight excluding hydrogens is 332 g/mol. The van der Waals surface area contributed by atoms with Gasteiger partial charge < -0.3 is 15.5 Å². The largest absolute Gasteiger partial charge is 0.331 e. The number of hydrogen-bond donors (Lipinski definition) is 2. The van der Waals surface area contributed by atoms with Crippen LogP contribution in [0, 0.1) is 0 Å². The molecule has 24 heavy (non-hydrogen) atoms. The smallest absolute Gasteiger partial charge is 0.315 e. The highest BCUT2D eigenvalue weighted by Crippen LogP contribution is 2.23. The summed E-state index contributed by atoms with van der Waals surface area (Å²) in [4.78, 5) is 30.0. The van der Waals surface area contributed by atoms with Gasteiger partial charge in [0, 0.05) is 24.3 Å². The van der Waals surface area contributed by atoms with Gasteiger partial charge in [-0.25, -0.2) is 9.78 Å². The van der Waals surface area contributed by atoms with Crippen LogP contribution in [-0.2, 0) is 18.4 Å². The molecule has 1 saturated heterocycles. The molecule has 8 nitrogen and oxygen atoms in total. The highest BCUT2D eigenvalue weighted by Gasteiger charge is 2.33. The number of benzene rings is 1. The monoisotopic (exact) mass is 348 g/mol. The number of hydrogen-bond acceptors (Lipinski definition) is 4. The molecule has 0 spiro atoms. The van der Waals surface area contributed by atoms with Crippen molar-refractivity contribution in [2.24, 2.45) is 7.05 Å². The minimum Gasteiger partial charge on any atom is -0.331 e. The van der Waals surface area contributed by atoms with Gasteiger partial charge in [0.25, 0.3) is 0 Å². The number of halogens is 1. The maximum atomic E-state index is 12.4. The number of nitrogens with zero attached hydrogens (tertiary/aromatic N) is 4. The SMILES string of the molecule is Cn1cnc(CNC(=O)NC2CCN(c3ccc(Cl)cc3)C2=O)n1. The average molecular weight is 349 g/mol. The van der Waals surface area contributed by atoms with Gasteiger partial charge >= 0.3 is 6.03 Å². The second kappa shape index (κ2) is 6.88. The molecule has 1 aromatic heterocycles. The molecule has 3 amide bonds. The lowest BCUT2D eigenvalue weighted by Gasteiger charge is -2.17. The fraction of sp³-hybridized carbons (Fsp3) is 0.333. The lowest BCUT2D eigenvalue weighted by molar-refractivity contribution is -0.118. The van der Waals surface area contributed by atoms with Gasteiger partial charge in [-0.05, 0) is 30.7 Å². The van der Waals surface area contributed by atoms with Gasteiger partial charge in [-0.15, -0.1) is 0 Å². The lowest BCUT2D eigenvalue weighted by atomic mass is 10.2. The van der Waals surface area contributed by atoms with Crippen molar-refractivity contribution in [1.82, 2.24) is 25.4 Å². The third kappa shape index (κ3) is 3.65. The van der Waals surface area contributed by atoms with Crippen LogP contribution in [0.3, 0.4) is 0 Å². The first-order valence-corrected chi connectivity index (χ1v) is 7.86. The molecule has 0 saturated carbocycles. The number of aromatic nitrogens is 3. The van der Waals surface area contributed by atoms with E-state index in [0.29, 0.717) is 23.8 Å². The highest BCUT2D eigenvalue weighted by atomic mass is 35.5. The molecule has 1 unspecified atom stereocenters. The van der Waals surface area contributed by atoms with Crippen molar-refractivity contribution in [2.75, 3.05) is 11.4 Å². The van der Waals surface area contributed by atoms with Crippen molar-refractivity contribution >= 4 is 29.2 Å². The molecule has 1 atom stereocenters. The quantitative estimate of drug-likeness (QED) is 0.864. The second-order valence-corrected chi connectivity index (χ2v) is 5.91. The first-order chi connectivity index (χ1) is 11.5. The van der Waals surface area contributed by atoms with Crippen molar-refractivity contribution in [2.45, 2.75) is 19.0 Å². The fourth-order valence-corrected chi connectivity index (χ4v) is 2.65. The topological polar surface area (TPSA) is 92.2 Å².